The highest BCUT2D eigenvalue weighted by atomic mass is 16.7. The van der Waals surface area contributed by atoms with Crippen molar-refractivity contribution in [3.8, 4) is 34.3 Å². The molecule has 2 aliphatic rings. The van der Waals surface area contributed by atoms with Gasteiger partial charge in [-0.25, -0.2) is 0 Å². The van der Waals surface area contributed by atoms with Gasteiger partial charge in [-0.2, -0.15) is 0 Å². The summed E-state index contributed by atoms with van der Waals surface area (Å²) in [6, 6.07) is 7.62. The maximum Gasteiger partial charge on any atom is 0.303 e. The van der Waals surface area contributed by atoms with Gasteiger partial charge in [-0.1, -0.05) is 0 Å². The summed E-state index contributed by atoms with van der Waals surface area (Å²) in [5.74, 6) is -3.24. The summed E-state index contributed by atoms with van der Waals surface area (Å²) in [6.07, 6.45) is -14.2. The molecule has 0 unspecified atom stereocenters. The fourth-order valence-electron chi connectivity index (χ4n) is 5.36. The zero-order valence-electron chi connectivity index (χ0n) is 25.5. The molecule has 3 heterocycles. The fraction of sp³-hybridized carbons (Fsp3) is 0.452. The van der Waals surface area contributed by atoms with E-state index in [-0.39, 0.29) is 28.4 Å². The molecule has 0 bridgehead atoms. The molecule has 0 amide bonds. The average Bonchev–Trinajstić information content (AvgIpc) is 3.00. The van der Waals surface area contributed by atoms with Gasteiger partial charge in [0.2, 0.25) is 23.8 Å². The topological polar surface area (TPSA) is 241 Å². The standard InChI is InChI=1S/C31H34O16/c1-11-21(36)23(38)24(39)30(41-11)45-17-9-18(35)20-19(10-17)46-27(15-5-7-16(34)8-6-15)28(22(20)37)47-31-25(40)29(44-14(4)33)26(12(2)42-31)43-13(3)32/h5-12,21,23-26,29-31,34-36,38-40H,1-4H3/t11-,12+,21+,23-,24-,25-,26+,29+,30+,31-/m1/s1. The summed E-state index contributed by atoms with van der Waals surface area (Å²) < 4.78 is 39.2. The lowest BCUT2D eigenvalue weighted by Crippen LogP contribution is -2.61. The van der Waals surface area contributed by atoms with Gasteiger partial charge in [-0.05, 0) is 38.1 Å². The van der Waals surface area contributed by atoms with Crippen LogP contribution in [0.15, 0.2) is 45.6 Å². The zero-order chi connectivity index (χ0) is 34.3. The van der Waals surface area contributed by atoms with Crippen molar-refractivity contribution in [3.05, 3.63) is 46.6 Å². The quantitative estimate of drug-likeness (QED) is 0.188. The molecule has 1 aromatic heterocycles. The van der Waals surface area contributed by atoms with Gasteiger partial charge in [-0.3, -0.25) is 14.4 Å². The van der Waals surface area contributed by atoms with Gasteiger partial charge < -0.3 is 63.5 Å². The number of esters is 2. The molecule has 0 spiro atoms. The number of phenols is 2. The molecule has 6 N–H and O–H groups in total. The number of fused-ring (bicyclic) bond motifs is 1. The van der Waals surface area contributed by atoms with Gasteiger partial charge in [-0.15, -0.1) is 0 Å². The number of phenolic OH excluding ortho intramolecular Hbond substituents is 2. The summed E-state index contributed by atoms with van der Waals surface area (Å²) in [5, 5.41) is 62.0. The van der Waals surface area contributed by atoms with E-state index in [1.807, 2.05) is 0 Å². The lowest BCUT2D eigenvalue weighted by molar-refractivity contribution is -0.276. The molecule has 16 nitrogen and oxygen atoms in total. The van der Waals surface area contributed by atoms with E-state index in [0.29, 0.717) is 0 Å². The molecule has 16 heteroatoms. The number of aromatic hydroxyl groups is 2. The number of carbonyl (C=O) groups is 2. The van der Waals surface area contributed by atoms with Crippen LogP contribution in [0.25, 0.3) is 22.3 Å². The highest BCUT2D eigenvalue weighted by Crippen LogP contribution is 2.39. The number of carbonyl (C=O) groups excluding carboxylic acids is 2. The van der Waals surface area contributed by atoms with Crippen LogP contribution in [-0.2, 0) is 28.5 Å². The van der Waals surface area contributed by atoms with Crippen LogP contribution in [0.2, 0.25) is 0 Å². The normalized spacial score (nSPS) is 30.8. The first kappa shape index (κ1) is 33.9. The molecule has 0 aliphatic carbocycles. The van der Waals surface area contributed by atoms with Crippen molar-refractivity contribution in [1.29, 1.82) is 0 Å². The van der Waals surface area contributed by atoms with Crippen molar-refractivity contribution in [2.24, 2.45) is 0 Å². The van der Waals surface area contributed by atoms with Gasteiger partial charge >= 0.3 is 11.9 Å². The van der Waals surface area contributed by atoms with Crippen molar-refractivity contribution in [3.63, 3.8) is 0 Å². The van der Waals surface area contributed by atoms with E-state index in [0.717, 1.165) is 19.9 Å². The number of hydrogen-bond donors (Lipinski definition) is 6. The van der Waals surface area contributed by atoms with Crippen LogP contribution in [0.5, 0.6) is 23.0 Å². The molecule has 47 heavy (non-hydrogen) atoms. The van der Waals surface area contributed by atoms with Crippen LogP contribution >= 0.6 is 0 Å². The Labute approximate surface area is 266 Å². The number of hydrogen-bond acceptors (Lipinski definition) is 16. The van der Waals surface area contributed by atoms with E-state index in [1.165, 1.54) is 44.2 Å². The van der Waals surface area contributed by atoms with E-state index >= 15 is 0 Å². The third kappa shape index (κ3) is 6.83. The van der Waals surface area contributed by atoms with E-state index in [1.54, 1.807) is 0 Å². The second kappa shape index (κ2) is 13.3. The molecule has 2 fully saturated rings. The minimum Gasteiger partial charge on any atom is -0.508 e. The molecule has 3 aromatic rings. The number of benzene rings is 2. The Bertz CT molecular complexity index is 1690. The van der Waals surface area contributed by atoms with E-state index < -0.39 is 95.7 Å². The lowest BCUT2D eigenvalue weighted by atomic mass is 9.99. The molecule has 0 radical (unpaired) electrons. The first-order valence-corrected chi connectivity index (χ1v) is 14.5. The zero-order valence-corrected chi connectivity index (χ0v) is 25.5. The second-order valence-electron chi connectivity index (χ2n) is 11.2. The number of aliphatic hydroxyl groups excluding tert-OH is 4. The lowest BCUT2D eigenvalue weighted by Gasteiger charge is -2.41. The van der Waals surface area contributed by atoms with Crippen LogP contribution in [0, 0.1) is 0 Å². The monoisotopic (exact) mass is 662 g/mol. The summed E-state index contributed by atoms with van der Waals surface area (Å²) in [7, 11) is 0. The van der Waals surface area contributed by atoms with Crippen LogP contribution in [-0.4, -0.2) is 104 Å². The van der Waals surface area contributed by atoms with Gasteiger partial charge in [0.25, 0.3) is 0 Å². The van der Waals surface area contributed by atoms with Crippen LogP contribution in [0.3, 0.4) is 0 Å². The van der Waals surface area contributed by atoms with Crippen LogP contribution in [0.1, 0.15) is 27.7 Å². The van der Waals surface area contributed by atoms with Gasteiger partial charge in [0, 0.05) is 31.5 Å². The molecule has 2 aromatic carbocycles. The fourth-order valence-corrected chi connectivity index (χ4v) is 5.36. The Balaban J connectivity index is 1.57. The molecule has 5 rings (SSSR count). The van der Waals surface area contributed by atoms with Gasteiger partial charge in [0.1, 0.15) is 46.5 Å². The Morgan fingerprint density at radius 1 is 0.745 bits per heavy atom. The van der Waals surface area contributed by atoms with Crippen molar-refractivity contribution in [2.45, 2.75) is 89.1 Å². The SMILES string of the molecule is CC(=O)O[C@@H]1[C@@H](OC(C)=O)[C@@H](O)[C@@H](Oc2c(-c3ccc(O)cc3)oc3cc(O[C@@H]4O[C@H](C)[C@H](O)[C@@H](O)[C@H]4O)cc(O)c3c2=O)O[C@H]1C. The van der Waals surface area contributed by atoms with E-state index in [9.17, 15) is 45.0 Å². The third-order valence-electron chi connectivity index (χ3n) is 7.69. The van der Waals surface area contributed by atoms with E-state index in [2.05, 4.69) is 0 Å². The predicted octanol–water partition coefficient (Wildman–Crippen LogP) is 0.425. The van der Waals surface area contributed by atoms with E-state index in [4.69, 9.17) is 32.8 Å². The minimum atomic E-state index is -1.79. The van der Waals surface area contributed by atoms with Crippen molar-refractivity contribution < 1.29 is 73.1 Å². The molecular weight excluding hydrogens is 628 g/mol. The first-order chi connectivity index (χ1) is 22.2. The maximum absolute atomic E-state index is 14.0. The molecule has 2 aliphatic heterocycles. The van der Waals surface area contributed by atoms with Crippen molar-refractivity contribution in [2.75, 3.05) is 0 Å². The van der Waals surface area contributed by atoms with Gasteiger partial charge in [0.05, 0.1) is 12.2 Å². The summed E-state index contributed by atoms with van der Waals surface area (Å²) in [5.41, 5.74) is -0.966. The summed E-state index contributed by atoms with van der Waals surface area (Å²) in [4.78, 5) is 37.5. The Hall–Kier alpha value is -4.45. The van der Waals surface area contributed by atoms with Gasteiger partial charge in [0.15, 0.2) is 24.1 Å². The highest BCUT2D eigenvalue weighted by Gasteiger charge is 2.49. The minimum absolute atomic E-state index is 0.110. The highest BCUT2D eigenvalue weighted by molar-refractivity contribution is 5.88. The predicted molar refractivity (Wildman–Crippen MR) is 156 cm³/mol. The molecular formula is C31H34O16. The first-order valence-electron chi connectivity index (χ1n) is 14.5. The molecule has 254 valence electrons. The van der Waals surface area contributed by atoms with Crippen molar-refractivity contribution in [1.82, 2.24) is 0 Å². The largest absolute Gasteiger partial charge is 0.508 e. The number of ether oxygens (including phenoxy) is 6. The smallest absolute Gasteiger partial charge is 0.303 e. The summed E-state index contributed by atoms with van der Waals surface area (Å²) >= 11 is 0. The maximum atomic E-state index is 14.0. The van der Waals surface area contributed by atoms with Crippen LogP contribution < -0.4 is 14.9 Å². The molecule has 2 saturated heterocycles. The Morgan fingerprint density at radius 2 is 1.34 bits per heavy atom. The second-order valence-corrected chi connectivity index (χ2v) is 11.2. The summed E-state index contributed by atoms with van der Waals surface area (Å²) in [6.45, 7) is 5.13. The number of aliphatic hydroxyl groups is 4. The third-order valence-corrected chi connectivity index (χ3v) is 7.69. The van der Waals surface area contributed by atoms with Crippen LogP contribution in [0.4, 0.5) is 0 Å². The van der Waals surface area contributed by atoms with Crippen molar-refractivity contribution >= 4 is 22.9 Å². The average molecular weight is 663 g/mol. The Kier molecular flexibility index (Phi) is 9.63. The molecule has 10 atom stereocenters. The Morgan fingerprint density at radius 3 is 1.98 bits per heavy atom. The molecule has 0 saturated carbocycles. The number of rotatable bonds is 7.